The Morgan fingerprint density at radius 3 is 2.88 bits per heavy atom. The fourth-order valence-electron chi connectivity index (χ4n) is 2.60. The maximum absolute atomic E-state index is 11.7. The average Bonchev–Trinajstić information content (AvgIpc) is 3.12. The van der Waals surface area contributed by atoms with Crippen LogP contribution in [0.1, 0.15) is 50.8 Å². The number of nitrogens with zero attached hydrogens (tertiary/aromatic N) is 2. The quantitative estimate of drug-likeness (QED) is 0.850. The molecule has 2 heterocycles. The lowest BCUT2D eigenvalue weighted by atomic mass is 10.0. The molecule has 1 aliphatic carbocycles. The van der Waals surface area contributed by atoms with Gasteiger partial charge in [-0.25, -0.2) is 4.98 Å². The summed E-state index contributed by atoms with van der Waals surface area (Å²) in [5.74, 6) is 2.27. The van der Waals surface area contributed by atoms with E-state index in [4.69, 9.17) is 0 Å². The van der Waals surface area contributed by atoms with Gasteiger partial charge in [0.25, 0.3) is 5.56 Å². The van der Waals surface area contributed by atoms with E-state index in [-0.39, 0.29) is 5.56 Å². The molecule has 0 radical (unpaired) electrons. The van der Waals surface area contributed by atoms with Crippen molar-refractivity contribution in [3.8, 4) is 0 Å². The van der Waals surface area contributed by atoms with Gasteiger partial charge in [-0.05, 0) is 39.0 Å². The number of anilines is 1. The topological polar surface area (TPSA) is 49.0 Å². The van der Waals surface area contributed by atoms with E-state index in [1.807, 2.05) is 0 Å². The van der Waals surface area contributed by atoms with Crippen molar-refractivity contribution < 1.29 is 0 Å². The van der Waals surface area contributed by atoms with E-state index in [0.29, 0.717) is 12.0 Å². The van der Waals surface area contributed by atoms with E-state index in [1.54, 1.807) is 6.07 Å². The van der Waals surface area contributed by atoms with Crippen LogP contribution in [0.5, 0.6) is 0 Å². The number of hydrogen-bond acceptors (Lipinski definition) is 3. The SMILES string of the molecule is CC1CCCCN1c1cc(=O)[nH]c(C2CC2)n1. The molecule has 1 N–H and O–H groups in total. The molecule has 17 heavy (non-hydrogen) atoms. The Labute approximate surface area is 101 Å². The number of rotatable bonds is 2. The van der Waals surface area contributed by atoms with E-state index in [9.17, 15) is 4.79 Å². The van der Waals surface area contributed by atoms with Crippen LogP contribution in [0.4, 0.5) is 5.82 Å². The fourth-order valence-corrected chi connectivity index (χ4v) is 2.60. The molecule has 1 atom stereocenters. The van der Waals surface area contributed by atoms with E-state index in [2.05, 4.69) is 21.8 Å². The third kappa shape index (κ3) is 2.21. The van der Waals surface area contributed by atoms with Gasteiger partial charge in [0.1, 0.15) is 11.6 Å². The number of aromatic amines is 1. The number of hydrogen-bond donors (Lipinski definition) is 1. The van der Waals surface area contributed by atoms with Crippen molar-refractivity contribution in [2.24, 2.45) is 0 Å². The van der Waals surface area contributed by atoms with Crippen molar-refractivity contribution >= 4 is 5.82 Å². The zero-order chi connectivity index (χ0) is 11.8. The molecule has 2 aliphatic rings. The molecule has 92 valence electrons. The molecule has 3 rings (SSSR count). The molecule has 1 saturated heterocycles. The van der Waals surface area contributed by atoms with Crippen LogP contribution < -0.4 is 10.5 Å². The lowest BCUT2D eigenvalue weighted by molar-refractivity contribution is 0.480. The summed E-state index contributed by atoms with van der Waals surface area (Å²) in [6, 6.07) is 2.15. The molecule has 4 heteroatoms. The monoisotopic (exact) mass is 233 g/mol. The van der Waals surface area contributed by atoms with Crippen LogP contribution in [-0.4, -0.2) is 22.6 Å². The molecular weight excluding hydrogens is 214 g/mol. The molecule has 0 aromatic carbocycles. The van der Waals surface area contributed by atoms with E-state index in [1.165, 1.54) is 32.1 Å². The number of H-pyrrole nitrogens is 1. The normalized spacial score (nSPS) is 25.0. The lowest BCUT2D eigenvalue weighted by Gasteiger charge is -2.34. The minimum Gasteiger partial charge on any atom is -0.354 e. The predicted molar refractivity (Wildman–Crippen MR) is 67.5 cm³/mol. The summed E-state index contributed by atoms with van der Waals surface area (Å²) in [4.78, 5) is 21.5. The van der Waals surface area contributed by atoms with Gasteiger partial charge in [-0.1, -0.05) is 0 Å². The number of nitrogens with one attached hydrogen (secondary N) is 1. The van der Waals surface area contributed by atoms with Gasteiger partial charge < -0.3 is 9.88 Å². The summed E-state index contributed by atoms with van der Waals surface area (Å²) in [5, 5.41) is 0. The Kier molecular flexibility index (Phi) is 2.65. The molecule has 1 aliphatic heterocycles. The van der Waals surface area contributed by atoms with E-state index >= 15 is 0 Å². The van der Waals surface area contributed by atoms with E-state index < -0.39 is 0 Å². The molecule has 4 nitrogen and oxygen atoms in total. The maximum Gasteiger partial charge on any atom is 0.252 e. The third-order valence-electron chi connectivity index (χ3n) is 3.81. The first-order valence-electron chi connectivity index (χ1n) is 6.62. The van der Waals surface area contributed by atoms with Gasteiger partial charge in [0.15, 0.2) is 0 Å². The molecule has 1 unspecified atom stereocenters. The Balaban J connectivity index is 1.92. The van der Waals surface area contributed by atoms with Gasteiger partial charge in [-0.3, -0.25) is 4.79 Å². The molecule has 2 fully saturated rings. The molecule has 0 amide bonds. The maximum atomic E-state index is 11.7. The zero-order valence-corrected chi connectivity index (χ0v) is 10.3. The summed E-state index contributed by atoms with van der Waals surface area (Å²) in [6.07, 6.45) is 6.03. The molecule has 1 aromatic heterocycles. The highest BCUT2D eigenvalue weighted by atomic mass is 16.1. The van der Waals surface area contributed by atoms with Crippen LogP contribution >= 0.6 is 0 Å². The van der Waals surface area contributed by atoms with Crippen molar-refractivity contribution in [3.63, 3.8) is 0 Å². The highest BCUT2D eigenvalue weighted by Gasteiger charge is 2.28. The van der Waals surface area contributed by atoms with Crippen LogP contribution in [0.15, 0.2) is 10.9 Å². The first kappa shape index (κ1) is 10.8. The van der Waals surface area contributed by atoms with Crippen molar-refractivity contribution in [2.45, 2.75) is 51.0 Å². The molecule has 1 saturated carbocycles. The lowest BCUT2D eigenvalue weighted by Crippen LogP contribution is -2.38. The van der Waals surface area contributed by atoms with Gasteiger partial charge in [0.05, 0.1) is 0 Å². The van der Waals surface area contributed by atoms with Crippen LogP contribution in [0, 0.1) is 0 Å². The highest BCUT2D eigenvalue weighted by molar-refractivity contribution is 5.39. The van der Waals surface area contributed by atoms with Crippen LogP contribution in [0.2, 0.25) is 0 Å². The van der Waals surface area contributed by atoms with Crippen molar-refractivity contribution in [1.82, 2.24) is 9.97 Å². The minimum atomic E-state index is -0.00493. The van der Waals surface area contributed by atoms with Gasteiger partial charge in [-0.15, -0.1) is 0 Å². The molecule has 0 bridgehead atoms. The smallest absolute Gasteiger partial charge is 0.252 e. The summed E-state index contributed by atoms with van der Waals surface area (Å²) in [6.45, 7) is 3.25. The Bertz CT molecular complexity index is 464. The molecule has 0 spiro atoms. The first-order valence-corrected chi connectivity index (χ1v) is 6.62. The van der Waals surface area contributed by atoms with Crippen LogP contribution in [0.3, 0.4) is 0 Å². The van der Waals surface area contributed by atoms with E-state index in [0.717, 1.165) is 18.2 Å². The largest absolute Gasteiger partial charge is 0.354 e. The summed E-state index contributed by atoms with van der Waals surface area (Å²) in [7, 11) is 0. The second-order valence-electron chi connectivity index (χ2n) is 5.30. The van der Waals surface area contributed by atoms with Gasteiger partial charge in [-0.2, -0.15) is 0 Å². The second kappa shape index (κ2) is 4.17. The fraction of sp³-hybridized carbons (Fsp3) is 0.692. The Morgan fingerprint density at radius 1 is 1.35 bits per heavy atom. The first-order chi connectivity index (χ1) is 8.24. The Morgan fingerprint density at radius 2 is 2.18 bits per heavy atom. The second-order valence-corrected chi connectivity index (χ2v) is 5.30. The molecule has 1 aromatic rings. The highest BCUT2D eigenvalue weighted by Crippen LogP contribution is 2.38. The summed E-state index contributed by atoms with van der Waals surface area (Å²) in [5.41, 5.74) is -0.00493. The van der Waals surface area contributed by atoms with Crippen LogP contribution in [0.25, 0.3) is 0 Å². The van der Waals surface area contributed by atoms with Gasteiger partial charge in [0.2, 0.25) is 0 Å². The average molecular weight is 233 g/mol. The molecular formula is C13H19N3O. The third-order valence-corrected chi connectivity index (χ3v) is 3.81. The van der Waals surface area contributed by atoms with Crippen molar-refractivity contribution in [3.05, 3.63) is 22.2 Å². The summed E-state index contributed by atoms with van der Waals surface area (Å²) < 4.78 is 0. The number of aromatic nitrogens is 2. The van der Waals surface area contributed by atoms with Gasteiger partial charge in [0, 0.05) is 24.6 Å². The number of piperidine rings is 1. The summed E-state index contributed by atoms with van der Waals surface area (Å²) >= 11 is 0. The van der Waals surface area contributed by atoms with Crippen molar-refractivity contribution in [1.29, 1.82) is 0 Å². The predicted octanol–water partition coefficient (Wildman–Crippen LogP) is 2.03. The van der Waals surface area contributed by atoms with Crippen molar-refractivity contribution in [2.75, 3.05) is 11.4 Å². The standard InChI is InChI=1S/C13H19N3O/c1-9-4-2-3-7-16(9)11-8-12(17)15-13(14-11)10-5-6-10/h8-10H,2-7H2,1H3,(H,14,15,17). The van der Waals surface area contributed by atoms with Crippen LogP contribution in [-0.2, 0) is 0 Å². The zero-order valence-electron chi connectivity index (χ0n) is 10.3. The minimum absolute atomic E-state index is 0.00493. The van der Waals surface area contributed by atoms with Gasteiger partial charge >= 0.3 is 0 Å². The Hall–Kier alpha value is -1.32.